The topological polar surface area (TPSA) is 38.9 Å². The zero-order valence-corrected chi connectivity index (χ0v) is 9.96. The van der Waals surface area contributed by atoms with Crippen LogP contribution >= 0.6 is 24.0 Å². The average molecular weight is 275 g/mol. The zero-order chi connectivity index (χ0) is 11.6. The molecular formula is C9H11Cl2F3N2. The summed E-state index contributed by atoms with van der Waals surface area (Å²) in [5, 5.41) is 0.00618. The van der Waals surface area contributed by atoms with Crippen molar-refractivity contribution in [3.63, 3.8) is 0 Å². The molecule has 16 heavy (non-hydrogen) atoms. The molecule has 0 aliphatic heterocycles. The summed E-state index contributed by atoms with van der Waals surface area (Å²) in [6.45, 7) is 1.82. The Balaban J connectivity index is 0.00000225. The van der Waals surface area contributed by atoms with Gasteiger partial charge in [-0.05, 0) is 12.5 Å². The Bertz CT molecular complexity index is 355. The van der Waals surface area contributed by atoms with E-state index in [1.807, 2.05) is 6.92 Å². The van der Waals surface area contributed by atoms with E-state index in [2.05, 4.69) is 4.98 Å². The van der Waals surface area contributed by atoms with Crippen LogP contribution in [-0.4, -0.2) is 4.98 Å². The third-order valence-corrected chi connectivity index (χ3v) is 2.34. The van der Waals surface area contributed by atoms with E-state index >= 15 is 0 Å². The van der Waals surface area contributed by atoms with E-state index in [1.54, 1.807) is 0 Å². The van der Waals surface area contributed by atoms with Gasteiger partial charge in [0.15, 0.2) is 0 Å². The van der Waals surface area contributed by atoms with Crippen LogP contribution in [0.1, 0.15) is 30.6 Å². The lowest BCUT2D eigenvalue weighted by atomic mass is 10.1. The van der Waals surface area contributed by atoms with Crippen LogP contribution in [0.3, 0.4) is 0 Å². The standard InChI is InChI=1S/C9H10ClF3N2.ClH/c1-2-7(14)5-4-15-8(3-6(5)10)9(11,12)13;/h3-4,7H,2,14H2,1H3;1H/t7-;/m0./s1. The van der Waals surface area contributed by atoms with E-state index in [-0.39, 0.29) is 23.5 Å². The fourth-order valence-corrected chi connectivity index (χ4v) is 1.38. The van der Waals surface area contributed by atoms with Crippen molar-refractivity contribution >= 4 is 24.0 Å². The number of aromatic nitrogens is 1. The molecule has 1 atom stereocenters. The lowest BCUT2D eigenvalue weighted by Gasteiger charge is -2.12. The van der Waals surface area contributed by atoms with Crippen molar-refractivity contribution in [1.82, 2.24) is 4.98 Å². The number of nitrogens with zero attached hydrogens (tertiary/aromatic N) is 1. The van der Waals surface area contributed by atoms with Gasteiger partial charge in [-0.1, -0.05) is 18.5 Å². The Hall–Kier alpha value is -0.520. The fraction of sp³-hybridized carbons (Fsp3) is 0.444. The van der Waals surface area contributed by atoms with Gasteiger partial charge in [-0.15, -0.1) is 12.4 Å². The first kappa shape index (κ1) is 15.5. The minimum atomic E-state index is -4.47. The zero-order valence-electron chi connectivity index (χ0n) is 8.38. The second-order valence-corrected chi connectivity index (χ2v) is 3.51. The second kappa shape index (κ2) is 5.70. The number of halogens is 5. The molecule has 2 nitrogen and oxygen atoms in total. The van der Waals surface area contributed by atoms with Crippen LogP contribution in [-0.2, 0) is 6.18 Å². The summed E-state index contributed by atoms with van der Waals surface area (Å²) < 4.78 is 36.7. The van der Waals surface area contributed by atoms with Gasteiger partial charge in [0, 0.05) is 22.8 Å². The number of hydrogen-bond donors (Lipinski definition) is 1. The number of hydrogen-bond acceptors (Lipinski definition) is 2. The normalized spacial score (nSPS) is 13.1. The second-order valence-electron chi connectivity index (χ2n) is 3.10. The third-order valence-electron chi connectivity index (χ3n) is 2.01. The minimum absolute atomic E-state index is 0. The molecule has 0 amide bonds. The summed E-state index contributed by atoms with van der Waals surface area (Å²) in [5.41, 5.74) is 5.09. The molecule has 1 aromatic heterocycles. The van der Waals surface area contributed by atoms with Crippen molar-refractivity contribution in [2.45, 2.75) is 25.6 Å². The molecule has 0 saturated heterocycles. The summed E-state index contributed by atoms with van der Waals surface area (Å²) >= 11 is 5.69. The van der Waals surface area contributed by atoms with Crippen LogP contribution in [0.5, 0.6) is 0 Å². The van der Waals surface area contributed by atoms with Gasteiger partial charge in [0.25, 0.3) is 0 Å². The van der Waals surface area contributed by atoms with E-state index in [4.69, 9.17) is 17.3 Å². The van der Waals surface area contributed by atoms with Crippen molar-refractivity contribution in [3.05, 3.63) is 28.5 Å². The van der Waals surface area contributed by atoms with E-state index in [0.717, 1.165) is 12.3 Å². The molecule has 1 aromatic rings. The van der Waals surface area contributed by atoms with Crippen LogP contribution in [0, 0.1) is 0 Å². The molecule has 0 unspecified atom stereocenters. The van der Waals surface area contributed by atoms with Gasteiger partial charge in [0.1, 0.15) is 5.69 Å². The molecule has 1 rings (SSSR count). The predicted molar refractivity (Wildman–Crippen MR) is 58.7 cm³/mol. The Morgan fingerprint density at radius 1 is 1.50 bits per heavy atom. The van der Waals surface area contributed by atoms with Gasteiger partial charge in [0.05, 0.1) is 0 Å². The van der Waals surface area contributed by atoms with Crippen LogP contribution < -0.4 is 5.73 Å². The van der Waals surface area contributed by atoms with Gasteiger partial charge in [-0.2, -0.15) is 13.2 Å². The molecule has 0 aliphatic carbocycles. The smallest absolute Gasteiger partial charge is 0.324 e. The highest BCUT2D eigenvalue weighted by atomic mass is 35.5. The SMILES string of the molecule is CC[C@H](N)c1cnc(C(F)(F)F)cc1Cl.Cl. The Morgan fingerprint density at radius 2 is 2.06 bits per heavy atom. The summed E-state index contributed by atoms with van der Waals surface area (Å²) in [7, 11) is 0. The Kier molecular flexibility index (Phi) is 5.52. The largest absolute Gasteiger partial charge is 0.433 e. The number of nitrogens with two attached hydrogens (primary N) is 1. The van der Waals surface area contributed by atoms with Crippen molar-refractivity contribution < 1.29 is 13.2 Å². The average Bonchev–Trinajstić information content (AvgIpc) is 2.15. The number of pyridine rings is 1. The highest BCUT2D eigenvalue weighted by Crippen LogP contribution is 2.31. The van der Waals surface area contributed by atoms with Gasteiger partial charge >= 0.3 is 6.18 Å². The first-order valence-corrected chi connectivity index (χ1v) is 4.72. The van der Waals surface area contributed by atoms with E-state index in [0.29, 0.717) is 12.0 Å². The first-order chi connectivity index (χ1) is 6.86. The van der Waals surface area contributed by atoms with E-state index < -0.39 is 11.9 Å². The van der Waals surface area contributed by atoms with Gasteiger partial charge in [-0.3, -0.25) is 4.98 Å². The van der Waals surface area contributed by atoms with Crippen LogP contribution in [0.15, 0.2) is 12.3 Å². The van der Waals surface area contributed by atoms with Crippen LogP contribution in [0.4, 0.5) is 13.2 Å². The fourth-order valence-electron chi connectivity index (χ4n) is 1.09. The summed E-state index contributed by atoms with van der Waals surface area (Å²) in [6.07, 6.45) is -2.80. The summed E-state index contributed by atoms with van der Waals surface area (Å²) in [5.74, 6) is 0. The van der Waals surface area contributed by atoms with Gasteiger partial charge in [0.2, 0.25) is 0 Å². The number of rotatable bonds is 2. The van der Waals surface area contributed by atoms with E-state index in [1.165, 1.54) is 0 Å². The summed E-state index contributed by atoms with van der Waals surface area (Å²) in [4.78, 5) is 3.29. The van der Waals surface area contributed by atoms with Crippen molar-refractivity contribution in [3.8, 4) is 0 Å². The third kappa shape index (κ3) is 3.50. The van der Waals surface area contributed by atoms with Crippen molar-refractivity contribution in [1.29, 1.82) is 0 Å². The maximum absolute atomic E-state index is 12.2. The highest BCUT2D eigenvalue weighted by molar-refractivity contribution is 6.31. The monoisotopic (exact) mass is 274 g/mol. The lowest BCUT2D eigenvalue weighted by Crippen LogP contribution is -2.13. The molecule has 1 heterocycles. The molecule has 0 aliphatic rings. The Morgan fingerprint density at radius 3 is 2.44 bits per heavy atom. The molecule has 0 saturated carbocycles. The van der Waals surface area contributed by atoms with Crippen LogP contribution in [0.25, 0.3) is 0 Å². The van der Waals surface area contributed by atoms with E-state index in [9.17, 15) is 13.2 Å². The van der Waals surface area contributed by atoms with Crippen LogP contribution in [0.2, 0.25) is 5.02 Å². The Labute approximate surface area is 102 Å². The van der Waals surface area contributed by atoms with Crippen molar-refractivity contribution in [2.24, 2.45) is 5.73 Å². The molecule has 0 bridgehead atoms. The molecule has 2 N–H and O–H groups in total. The molecule has 0 fully saturated rings. The molecular weight excluding hydrogens is 264 g/mol. The molecule has 0 aromatic carbocycles. The van der Waals surface area contributed by atoms with Gasteiger partial charge in [-0.25, -0.2) is 0 Å². The molecule has 7 heteroatoms. The maximum atomic E-state index is 12.2. The minimum Gasteiger partial charge on any atom is -0.324 e. The highest BCUT2D eigenvalue weighted by Gasteiger charge is 2.33. The quantitative estimate of drug-likeness (QED) is 0.895. The first-order valence-electron chi connectivity index (χ1n) is 4.34. The molecule has 0 spiro atoms. The lowest BCUT2D eigenvalue weighted by molar-refractivity contribution is -0.141. The number of alkyl halides is 3. The summed E-state index contributed by atoms with van der Waals surface area (Å²) in [6, 6.07) is 0.416. The molecule has 0 radical (unpaired) electrons. The predicted octanol–water partition coefficient (Wildman–Crippen LogP) is 3.59. The van der Waals surface area contributed by atoms with Crippen molar-refractivity contribution in [2.75, 3.05) is 0 Å². The molecule has 92 valence electrons. The maximum Gasteiger partial charge on any atom is 0.433 e. The van der Waals surface area contributed by atoms with Gasteiger partial charge < -0.3 is 5.73 Å².